The molecular formula is C12H14O2. The zero-order chi connectivity index (χ0) is 9.28. The minimum atomic E-state index is 0.104. The molecule has 2 nitrogen and oxygen atoms in total. The first-order valence-electron chi connectivity index (χ1n) is 5.69. The van der Waals surface area contributed by atoms with Gasteiger partial charge in [-0.1, -0.05) is 12.2 Å². The molecule has 14 heavy (non-hydrogen) atoms. The van der Waals surface area contributed by atoms with Crippen LogP contribution in [0.2, 0.25) is 0 Å². The molecule has 74 valence electrons. The first kappa shape index (κ1) is 7.49. The number of fused-ring (bicyclic) bond motifs is 8. The van der Waals surface area contributed by atoms with E-state index in [1.807, 2.05) is 0 Å². The molecule has 0 amide bonds. The average Bonchev–Trinajstić information content (AvgIpc) is 2.82. The Hall–Kier alpha value is -0.790. The van der Waals surface area contributed by atoms with Crippen LogP contribution in [0.15, 0.2) is 12.2 Å². The summed E-state index contributed by atoms with van der Waals surface area (Å²) in [6.07, 6.45) is 7.22. The Balaban J connectivity index is 1.77. The van der Waals surface area contributed by atoms with Gasteiger partial charge in [-0.3, -0.25) is 4.79 Å². The highest BCUT2D eigenvalue weighted by molar-refractivity contribution is 5.76. The van der Waals surface area contributed by atoms with E-state index in [1.165, 1.54) is 12.8 Å². The lowest BCUT2D eigenvalue weighted by molar-refractivity contribution is -0.143. The summed E-state index contributed by atoms with van der Waals surface area (Å²) < 4.78 is 5.20. The summed E-state index contributed by atoms with van der Waals surface area (Å²) in [7, 11) is 0. The van der Waals surface area contributed by atoms with Crippen LogP contribution in [0.1, 0.15) is 12.8 Å². The Bertz CT molecular complexity index is 333. The Kier molecular flexibility index (Phi) is 1.20. The molecule has 1 saturated heterocycles. The fourth-order valence-corrected chi connectivity index (χ4v) is 4.57. The summed E-state index contributed by atoms with van der Waals surface area (Å²) >= 11 is 0. The van der Waals surface area contributed by atoms with Crippen LogP contribution in [0.3, 0.4) is 0 Å². The first-order valence-corrected chi connectivity index (χ1v) is 5.69. The largest absolute Gasteiger partial charge is 0.465 e. The smallest absolute Gasteiger partial charge is 0.309 e. The minimum absolute atomic E-state index is 0.104. The van der Waals surface area contributed by atoms with E-state index in [-0.39, 0.29) is 11.9 Å². The number of allylic oxidation sites excluding steroid dienone is 2. The summed E-state index contributed by atoms with van der Waals surface area (Å²) in [4.78, 5) is 11.6. The predicted octanol–water partition coefficient (Wildman–Crippen LogP) is 1.62. The zero-order valence-corrected chi connectivity index (χ0v) is 8.06. The van der Waals surface area contributed by atoms with Crippen LogP contribution in [0.5, 0.6) is 0 Å². The molecule has 3 fully saturated rings. The third-order valence-electron chi connectivity index (χ3n) is 5.01. The number of hydrogen-bond acceptors (Lipinski definition) is 2. The summed E-state index contributed by atoms with van der Waals surface area (Å²) in [6.45, 7) is 0.710. The number of carbonyl (C=O) groups excluding carboxylic acids is 1. The lowest BCUT2D eigenvalue weighted by Gasteiger charge is -2.30. The molecule has 0 N–H and O–H groups in total. The number of ether oxygens (including phenoxy) is 1. The highest BCUT2D eigenvalue weighted by Gasteiger charge is 2.62. The zero-order valence-electron chi connectivity index (χ0n) is 8.06. The van der Waals surface area contributed by atoms with Crippen molar-refractivity contribution < 1.29 is 9.53 Å². The van der Waals surface area contributed by atoms with Crippen molar-refractivity contribution in [2.24, 2.45) is 35.5 Å². The number of rotatable bonds is 0. The Morgan fingerprint density at radius 3 is 3.07 bits per heavy atom. The van der Waals surface area contributed by atoms with Crippen LogP contribution in [0.25, 0.3) is 0 Å². The van der Waals surface area contributed by atoms with Crippen molar-refractivity contribution >= 4 is 5.97 Å². The highest BCUT2D eigenvalue weighted by Crippen LogP contribution is 2.63. The maximum Gasteiger partial charge on any atom is 0.309 e. The molecule has 0 radical (unpaired) electrons. The number of cyclic esters (lactones) is 1. The fourth-order valence-electron chi connectivity index (χ4n) is 4.57. The quantitative estimate of drug-likeness (QED) is 0.428. The highest BCUT2D eigenvalue weighted by atomic mass is 16.5. The van der Waals surface area contributed by atoms with Crippen molar-refractivity contribution in [2.45, 2.75) is 12.8 Å². The fraction of sp³-hybridized carbons (Fsp3) is 0.750. The van der Waals surface area contributed by atoms with Crippen LogP contribution >= 0.6 is 0 Å². The number of carbonyl (C=O) groups is 1. The van der Waals surface area contributed by atoms with Crippen molar-refractivity contribution in [1.29, 1.82) is 0 Å². The molecule has 6 atom stereocenters. The van der Waals surface area contributed by atoms with Gasteiger partial charge in [0.15, 0.2) is 0 Å². The maximum absolute atomic E-state index is 11.6. The van der Waals surface area contributed by atoms with Gasteiger partial charge in [0.05, 0.1) is 12.5 Å². The summed E-state index contributed by atoms with van der Waals surface area (Å²) in [5, 5.41) is 0. The molecule has 2 saturated carbocycles. The molecule has 1 heterocycles. The molecule has 2 bridgehead atoms. The number of hydrogen-bond donors (Lipinski definition) is 0. The molecule has 0 aromatic heterocycles. The third-order valence-corrected chi connectivity index (χ3v) is 5.01. The molecule has 4 rings (SSSR count). The van der Waals surface area contributed by atoms with Crippen molar-refractivity contribution in [3.05, 3.63) is 12.2 Å². The SMILES string of the molecule is O=C1OCC2C1[C@H]1C[C@@H]2C2C=CCC21. The van der Waals surface area contributed by atoms with Gasteiger partial charge in [0.25, 0.3) is 0 Å². The third kappa shape index (κ3) is 0.656. The molecule has 0 aromatic carbocycles. The van der Waals surface area contributed by atoms with Crippen molar-refractivity contribution in [3.63, 3.8) is 0 Å². The van der Waals surface area contributed by atoms with Crippen LogP contribution in [0.4, 0.5) is 0 Å². The lowest BCUT2D eigenvalue weighted by atomic mass is 9.71. The van der Waals surface area contributed by atoms with Gasteiger partial charge in [0.1, 0.15) is 0 Å². The van der Waals surface area contributed by atoms with Crippen LogP contribution in [-0.4, -0.2) is 12.6 Å². The predicted molar refractivity (Wildman–Crippen MR) is 50.3 cm³/mol. The van der Waals surface area contributed by atoms with Gasteiger partial charge < -0.3 is 4.74 Å². The summed E-state index contributed by atoms with van der Waals surface area (Å²) in [5.74, 6) is 3.94. The lowest BCUT2D eigenvalue weighted by Crippen LogP contribution is -2.32. The van der Waals surface area contributed by atoms with Crippen LogP contribution < -0.4 is 0 Å². The number of esters is 1. The van der Waals surface area contributed by atoms with Gasteiger partial charge >= 0.3 is 5.97 Å². The van der Waals surface area contributed by atoms with Crippen molar-refractivity contribution in [2.75, 3.05) is 6.61 Å². The van der Waals surface area contributed by atoms with E-state index in [1.54, 1.807) is 0 Å². The van der Waals surface area contributed by atoms with E-state index in [0.29, 0.717) is 18.4 Å². The molecule has 4 aliphatic rings. The van der Waals surface area contributed by atoms with E-state index < -0.39 is 0 Å². The standard InChI is InChI=1S/C12H14O2/c13-12-11-9-4-8(10(11)5-14-12)6-2-1-3-7(6)9/h1-2,6-11H,3-5H2/t6?,7?,8-,9+,10?,11?/m1/s1. The van der Waals surface area contributed by atoms with E-state index >= 15 is 0 Å². The maximum atomic E-state index is 11.6. The Labute approximate surface area is 83.3 Å². The van der Waals surface area contributed by atoms with Crippen molar-refractivity contribution in [3.8, 4) is 0 Å². The summed E-state index contributed by atoms with van der Waals surface area (Å²) in [6, 6.07) is 0. The van der Waals surface area contributed by atoms with E-state index in [4.69, 9.17) is 4.74 Å². The van der Waals surface area contributed by atoms with Gasteiger partial charge in [-0.2, -0.15) is 0 Å². The van der Waals surface area contributed by atoms with Gasteiger partial charge in [-0.05, 0) is 36.5 Å². The second kappa shape index (κ2) is 2.23. The van der Waals surface area contributed by atoms with Crippen molar-refractivity contribution in [1.82, 2.24) is 0 Å². The topological polar surface area (TPSA) is 26.3 Å². The molecule has 0 aromatic rings. The summed E-state index contributed by atoms with van der Waals surface area (Å²) in [5.41, 5.74) is 0. The van der Waals surface area contributed by atoms with Crippen LogP contribution in [-0.2, 0) is 9.53 Å². The normalized spacial score (nSPS) is 57.6. The van der Waals surface area contributed by atoms with Crippen LogP contribution in [0, 0.1) is 35.5 Å². The average molecular weight is 190 g/mol. The van der Waals surface area contributed by atoms with E-state index in [9.17, 15) is 4.79 Å². The van der Waals surface area contributed by atoms with E-state index in [0.717, 1.165) is 17.8 Å². The Morgan fingerprint density at radius 1 is 1.21 bits per heavy atom. The monoisotopic (exact) mass is 190 g/mol. The van der Waals surface area contributed by atoms with E-state index in [2.05, 4.69) is 12.2 Å². The molecule has 2 heteroatoms. The molecule has 0 spiro atoms. The second-order valence-electron chi connectivity index (χ2n) is 5.29. The van der Waals surface area contributed by atoms with Gasteiger partial charge in [0, 0.05) is 5.92 Å². The molecule has 3 aliphatic carbocycles. The van der Waals surface area contributed by atoms with Gasteiger partial charge in [-0.25, -0.2) is 0 Å². The second-order valence-corrected chi connectivity index (χ2v) is 5.29. The van der Waals surface area contributed by atoms with Gasteiger partial charge in [0.2, 0.25) is 0 Å². The molecule has 4 unspecified atom stereocenters. The molecular weight excluding hydrogens is 176 g/mol. The first-order chi connectivity index (χ1) is 6.86. The minimum Gasteiger partial charge on any atom is -0.465 e. The molecule has 1 aliphatic heterocycles. The van der Waals surface area contributed by atoms with Gasteiger partial charge in [-0.15, -0.1) is 0 Å². The Morgan fingerprint density at radius 2 is 2.14 bits per heavy atom.